The summed E-state index contributed by atoms with van der Waals surface area (Å²) < 4.78 is 0. The lowest BCUT2D eigenvalue weighted by atomic mass is 9.47. The second kappa shape index (κ2) is 8.75. The number of carbonyl (C=O) groups is 2. The summed E-state index contributed by atoms with van der Waals surface area (Å²) in [6.45, 7) is 5.49. The minimum Gasteiger partial charge on any atom is -0.338 e. The van der Waals surface area contributed by atoms with Crippen LogP contribution >= 0.6 is 12.4 Å². The molecule has 0 radical (unpaired) electrons. The first-order valence-electron chi connectivity index (χ1n) is 12.0. The smallest absolute Gasteiger partial charge is 0.233 e. The van der Waals surface area contributed by atoms with E-state index in [1.165, 1.54) is 12.8 Å². The highest BCUT2D eigenvalue weighted by atomic mass is 35.5. The molecule has 8 heteroatoms. The quantitative estimate of drug-likeness (QED) is 0.370. The van der Waals surface area contributed by atoms with Crippen LogP contribution in [0.15, 0.2) is 30.6 Å². The molecule has 32 heavy (non-hydrogen) atoms. The molecule has 7 nitrogen and oxygen atoms in total. The lowest BCUT2D eigenvalue weighted by Gasteiger charge is -2.55. The average molecular weight is 458 g/mol. The predicted octanol–water partition coefficient (Wildman–Crippen LogP) is 2.24. The number of hydrogen-bond acceptors (Lipinski definition) is 6. The van der Waals surface area contributed by atoms with Gasteiger partial charge in [0.05, 0.1) is 11.8 Å². The Labute approximate surface area is 195 Å². The summed E-state index contributed by atoms with van der Waals surface area (Å²) in [5, 5.41) is 0. The Balaban J connectivity index is 0.00000216. The fourth-order valence-electron chi connectivity index (χ4n) is 6.86. The summed E-state index contributed by atoms with van der Waals surface area (Å²) in [6, 6.07) is 1.84. The molecule has 4 aliphatic carbocycles. The number of piperazine rings is 1. The molecule has 172 valence electrons. The standard InChI is InChI=1S/C24H31N5O2.ClH/c30-22-20-18-6-7-19(17-5-4-16(17)18)21(20)23(31)29(22)11-2-1-10-27-12-14-28(15-13-27)24-25-8-3-9-26-24;/h3,6-9,16-21H,1-2,4-5,10-15H2;1H. The van der Waals surface area contributed by atoms with Crippen molar-refractivity contribution in [3.8, 4) is 0 Å². The van der Waals surface area contributed by atoms with Gasteiger partial charge in [-0.25, -0.2) is 9.97 Å². The molecule has 2 saturated carbocycles. The van der Waals surface area contributed by atoms with Gasteiger partial charge in [0.25, 0.3) is 0 Å². The first kappa shape index (κ1) is 21.8. The van der Waals surface area contributed by atoms with Crippen molar-refractivity contribution in [1.29, 1.82) is 0 Å². The van der Waals surface area contributed by atoms with Gasteiger partial charge in [-0.15, -0.1) is 12.4 Å². The molecular weight excluding hydrogens is 426 g/mol. The van der Waals surface area contributed by atoms with E-state index in [-0.39, 0.29) is 36.1 Å². The topological polar surface area (TPSA) is 69.6 Å². The van der Waals surface area contributed by atoms with Gasteiger partial charge in [0, 0.05) is 45.1 Å². The van der Waals surface area contributed by atoms with E-state index < -0.39 is 0 Å². The van der Waals surface area contributed by atoms with Gasteiger partial charge in [0.1, 0.15) is 0 Å². The summed E-state index contributed by atoms with van der Waals surface area (Å²) in [6.07, 6.45) is 12.5. The number of unbranched alkanes of at least 4 members (excludes halogenated alkanes) is 1. The third-order valence-corrected chi connectivity index (χ3v) is 8.56. The molecule has 4 fully saturated rings. The van der Waals surface area contributed by atoms with Crippen LogP contribution in [-0.2, 0) is 9.59 Å². The minimum atomic E-state index is -0.0580. The number of carbonyl (C=O) groups excluding carboxylic acids is 2. The first-order chi connectivity index (χ1) is 15.2. The Bertz CT molecular complexity index is 850. The molecule has 2 aliphatic heterocycles. The number of amides is 2. The predicted molar refractivity (Wildman–Crippen MR) is 123 cm³/mol. The zero-order valence-corrected chi connectivity index (χ0v) is 19.2. The monoisotopic (exact) mass is 457 g/mol. The molecule has 0 N–H and O–H groups in total. The zero-order valence-electron chi connectivity index (χ0n) is 18.4. The van der Waals surface area contributed by atoms with Crippen LogP contribution in [0, 0.1) is 35.5 Å². The number of imide groups is 1. The lowest BCUT2D eigenvalue weighted by molar-refractivity contribution is -0.140. The van der Waals surface area contributed by atoms with Crippen LogP contribution < -0.4 is 4.90 Å². The van der Waals surface area contributed by atoms with E-state index >= 15 is 0 Å². The molecule has 1 aromatic heterocycles. The van der Waals surface area contributed by atoms with Crippen LogP contribution in [-0.4, -0.2) is 70.9 Å². The molecule has 6 unspecified atom stereocenters. The fraction of sp³-hybridized carbons (Fsp3) is 0.667. The zero-order chi connectivity index (χ0) is 20.9. The Morgan fingerprint density at radius 1 is 0.812 bits per heavy atom. The van der Waals surface area contributed by atoms with Crippen LogP contribution in [0.1, 0.15) is 25.7 Å². The number of halogens is 1. The van der Waals surface area contributed by atoms with Crippen molar-refractivity contribution in [2.75, 3.05) is 44.2 Å². The molecule has 0 aromatic carbocycles. The van der Waals surface area contributed by atoms with Gasteiger partial charge in [-0.1, -0.05) is 12.2 Å². The van der Waals surface area contributed by atoms with E-state index in [0.29, 0.717) is 30.2 Å². The normalized spacial score (nSPS) is 35.4. The lowest BCUT2D eigenvalue weighted by Crippen LogP contribution is -2.53. The van der Waals surface area contributed by atoms with E-state index in [0.717, 1.165) is 51.5 Å². The highest BCUT2D eigenvalue weighted by molar-refractivity contribution is 6.06. The maximum absolute atomic E-state index is 13.1. The Kier molecular flexibility index (Phi) is 5.97. The van der Waals surface area contributed by atoms with Crippen molar-refractivity contribution in [2.24, 2.45) is 35.5 Å². The molecule has 3 heterocycles. The second-order valence-electron chi connectivity index (χ2n) is 9.91. The van der Waals surface area contributed by atoms with Crippen LogP contribution in [0.4, 0.5) is 5.95 Å². The Hall–Kier alpha value is -1.99. The van der Waals surface area contributed by atoms with Gasteiger partial charge in [-0.3, -0.25) is 19.4 Å². The van der Waals surface area contributed by atoms with Gasteiger partial charge >= 0.3 is 0 Å². The first-order valence-corrected chi connectivity index (χ1v) is 12.0. The van der Waals surface area contributed by atoms with E-state index in [9.17, 15) is 9.59 Å². The van der Waals surface area contributed by atoms with Crippen LogP contribution in [0.25, 0.3) is 0 Å². The van der Waals surface area contributed by atoms with E-state index in [4.69, 9.17) is 0 Å². The molecule has 1 aromatic rings. The van der Waals surface area contributed by atoms with Crippen molar-refractivity contribution < 1.29 is 9.59 Å². The Morgan fingerprint density at radius 2 is 1.38 bits per heavy atom. The van der Waals surface area contributed by atoms with Crippen LogP contribution in [0.5, 0.6) is 0 Å². The minimum absolute atomic E-state index is 0. The average Bonchev–Trinajstić information content (AvgIpc) is 3.04. The van der Waals surface area contributed by atoms with Gasteiger partial charge in [-0.2, -0.15) is 0 Å². The molecule has 2 bridgehead atoms. The van der Waals surface area contributed by atoms with E-state index in [1.807, 2.05) is 6.07 Å². The summed E-state index contributed by atoms with van der Waals surface area (Å²) in [4.78, 5) is 41.3. The van der Waals surface area contributed by atoms with Crippen molar-refractivity contribution in [3.05, 3.63) is 30.6 Å². The highest BCUT2D eigenvalue weighted by Crippen LogP contribution is 2.61. The molecule has 7 rings (SSSR count). The number of anilines is 1. The molecule has 2 amide bonds. The summed E-state index contributed by atoms with van der Waals surface area (Å²) in [5.41, 5.74) is 0. The summed E-state index contributed by atoms with van der Waals surface area (Å²) >= 11 is 0. The molecule has 2 saturated heterocycles. The molecule has 6 aliphatic rings. The third-order valence-electron chi connectivity index (χ3n) is 8.56. The SMILES string of the molecule is Cl.O=C1C2C3C=CC(C4CCC34)C2C(=O)N1CCCCN1CCN(c2ncccn2)CC1. The fourth-order valence-corrected chi connectivity index (χ4v) is 6.86. The molecule has 0 spiro atoms. The van der Waals surface area contributed by atoms with Gasteiger partial charge < -0.3 is 4.90 Å². The van der Waals surface area contributed by atoms with Crippen molar-refractivity contribution >= 4 is 30.2 Å². The number of hydrogen-bond donors (Lipinski definition) is 0. The maximum atomic E-state index is 13.1. The molecular formula is C24H32ClN5O2. The second-order valence-corrected chi connectivity index (χ2v) is 9.91. The van der Waals surface area contributed by atoms with Crippen LogP contribution in [0.2, 0.25) is 0 Å². The van der Waals surface area contributed by atoms with Gasteiger partial charge in [0.2, 0.25) is 17.8 Å². The van der Waals surface area contributed by atoms with Crippen molar-refractivity contribution in [2.45, 2.75) is 25.7 Å². The number of likely N-dealkylation sites (tertiary alicyclic amines) is 1. The van der Waals surface area contributed by atoms with Crippen molar-refractivity contribution in [3.63, 3.8) is 0 Å². The third kappa shape index (κ3) is 3.45. The number of aromatic nitrogens is 2. The number of rotatable bonds is 6. The molecule has 6 atom stereocenters. The number of allylic oxidation sites excluding steroid dienone is 2. The number of nitrogens with zero attached hydrogens (tertiary/aromatic N) is 5. The summed E-state index contributed by atoms with van der Waals surface area (Å²) in [5.74, 6) is 2.90. The highest BCUT2D eigenvalue weighted by Gasteiger charge is 2.63. The summed E-state index contributed by atoms with van der Waals surface area (Å²) in [7, 11) is 0. The Morgan fingerprint density at radius 3 is 1.94 bits per heavy atom. The van der Waals surface area contributed by atoms with E-state index in [2.05, 4.69) is 31.9 Å². The van der Waals surface area contributed by atoms with Gasteiger partial charge in [0.15, 0.2) is 0 Å². The van der Waals surface area contributed by atoms with E-state index in [1.54, 1.807) is 17.3 Å². The van der Waals surface area contributed by atoms with Crippen molar-refractivity contribution in [1.82, 2.24) is 19.8 Å². The largest absolute Gasteiger partial charge is 0.338 e. The van der Waals surface area contributed by atoms with Gasteiger partial charge in [-0.05, 0) is 62.0 Å². The maximum Gasteiger partial charge on any atom is 0.233 e. The van der Waals surface area contributed by atoms with Crippen LogP contribution in [0.3, 0.4) is 0 Å².